The second-order valence-electron chi connectivity index (χ2n) is 2.75. The summed E-state index contributed by atoms with van der Waals surface area (Å²) in [6.45, 7) is -0.207. The van der Waals surface area contributed by atoms with Gasteiger partial charge >= 0.3 is 0 Å². The number of amides is 1. The van der Waals surface area contributed by atoms with Crippen molar-refractivity contribution < 1.29 is 14.7 Å². The third kappa shape index (κ3) is 3.78. The normalized spacial score (nSPS) is 9.50. The van der Waals surface area contributed by atoms with Crippen molar-refractivity contribution in [3.05, 3.63) is 44.4 Å². The van der Waals surface area contributed by atoms with Crippen molar-refractivity contribution in [3.8, 4) is 0 Å². The maximum Gasteiger partial charge on any atom is 0.294 e. The lowest BCUT2D eigenvalue weighted by atomic mass is 10.3. The van der Waals surface area contributed by atoms with E-state index in [2.05, 4.69) is 15.1 Å². The Bertz CT molecular complexity index is 421. The van der Waals surface area contributed by atoms with E-state index in [0.29, 0.717) is 0 Å². The van der Waals surface area contributed by atoms with Crippen molar-refractivity contribution in [2.75, 3.05) is 13.2 Å². The molecule has 0 spiro atoms. The van der Waals surface area contributed by atoms with Crippen LogP contribution in [0.1, 0.15) is 10.4 Å². The van der Waals surface area contributed by atoms with Gasteiger partial charge in [-0.15, -0.1) is 10.1 Å². The van der Waals surface area contributed by atoms with Crippen LogP contribution < -0.4 is 10.9 Å². The fourth-order valence-electron chi connectivity index (χ4n) is 0.939. The first-order valence-electron chi connectivity index (χ1n) is 4.34. The van der Waals surface area contributed by atoms with E-state index in [4.69, 9.17) is 0 Å². The van der Waals surface area contributed by atoms with Crippen molar-refractivity contribution in [2.45, 2.75) is 0 Å². The topological polar surface area (TPSA) is 114 Å². The zero-order chi connectivity index (χ0) is 12.0. The van der Waals surface area contributed by atoms with Gasteiger partial charge in [-0.2, -0.15) is 0 Å². The van der Waals surface area contributed by atoms with E-state index in [1.165, 1.54) is 18.3 Å². The molecular formula is C8H9N3O5. The van der Waals surface area contributed by atoms with Gasteiger partial charge in [-0.05, 0) is 6.07 Å². The van der Waals surface area contributed by atoms with Crippen molar-refractivity contribution in [2.24, 2.45) is 0 Å². The average molecular weight is 227 g/mol. The van der Waals surface area contributed by atoms with Gasteiger partial charge in [-0.25, -0.2) is 0 Å². The second-order valence-corrected chi connectivity index (χ2v) is 2.75. The van der Waals surface area contributed by atoms with Gasteiger partial charge in [0.25, 0.3) is 11.0 Å². The Kier molecular flexibility index (Phi) is 4.01. The maximum absolute atomic E-state index is 11.3. The predicted molar refractivity (Wildman–Crippen MR) is 52.3 cm³/mol. The number of pyridine rings is 1. The Hall–Kier alpha value is -2.38. The van der Waals surface area contributed by atoms with E-state index in [9.17, 15) is 19.7 Å². The van der Waals surface area contributed by atoms with Crippen LogP contribution in [0, 0.1) is 10.1 Å². The summed E-state index contributed by atoms with van der Waals surface area (Å²) in [6, 6.07) is 2.56. The number of H-pyrrole nitrogens is 1. The van der Waals surface area contributed by atoms with Crippen LogP contribution in [-0.2, 0) is 4.84 Å². The third-order valence-electron chi connectivity index (χ3n) is 1.63. The number of hydrogen-bond donors (Lipinski definition) is 2. The Balaban J connectivity index is 2.38. The standard InChI is InChI=1S/C8H9N3O5/c12-7-2-1-6(5-10-7)8(13)9-3-4-16-11(14)15/h1-2,5H,3-4H2,(H,9,13)(H,10,12). The van der Waals surface area contributed by atoms with Crippen LogP contribution in [0.15, 0.2) is 23.1 Å². The summed E-state index contributed by atoms with van der Waals surface area (Å²) < 4.78 is 0. The molecule has 86 valence electrons. The van der Waals surface area contributed by atoms with E-state index >= 15 is 0 Å². The molecule has 0 aliphatic heterocycles. The Morgan fingerprint density at radius 3 is 2.88 bits per heavy atom. The minimum absolute atomic E-state index is 0.0128. The van der Waals surface area contributed by atoms with E-state index in [1.54, 1.807) is 0 Å². The minimum Gasteiger partial charge on any atom is -0.350 e. The van der Waals surface area contributed by atoms with Gasteiger partial charge < -0.3 is 15.1 Å². The Morgan fingerprint density at radius 2 is 2.31 bits per heavy atom. The van der Waals surface area contributed by atoms with Gasteiger partial charge in [0.2, 0.25) is 5.56 Å². The van der Waals surface area contributed by atoms with Crippen LogP contribution in [0.25, 0.3) is 0 Å². The largest absolute Gasteiger partial charge is 0.350 e. The first-order valence-corrected chi connectivity index (χ1v) is 4.34. The van der Waals surface area contributed by atoms with E-state index < -0.39 is 11.0 Å². The Labute approximate surface area is 89.3 Å². The quantitative estimate of drug-likeness (QED) is 0.392. The Morgan fingerprint density at radius 1 is 1.56 bits per heavy atom. The van der Waals surface area contributed by atoms with Gasteiger partial charge in [0.1, 0.15) is 6.61 Å². The first-order chi connectivity index (χ1) is 7.59. The van der Waals surface area contributed by atoms with Crippen LogP contribution in [0.3, 0.4) is 0 Å². The number of nitrogens with one attached hydrogen (secondary N) is 2. The van der Waals surface area contributed by atoms with Crippen molar-refractivity contribution >= 4 is 5.91 Å². The fraction of sp³-hybridized carbons (Fsp3) is 0.250. The number of carbonyl (C=O) groups excluding carboxylic acids is 1. The summed E-state index contributed by atoms with van der Waals surface area (Å²) in [5.41, 5.74) is -0.0473. The molecule has 0 saturated carbocycles. The second kappa shape index (κ2) is 5.49. The average Bonchev–Trinajstić information content (AvgIpc) is 2.25. The molecule has 1 aromatic heterocycles. The lowest BCUT2D eigenvalue weighted by molar-refractivity contribution is -0.757. The van der Waals surface area contributed by atoms with Crippen molar-refractivity contribution in [3.63, 3.8) is 0 Å². The zero-order valence-corrected chi connectivity index (χ0v) is 8.13. The highest BCUT2D eigenvalue weighted by Crippen LogP contribution is 1.91. The molecular weight excluding hydrogens is 218 g/mol. The molecule has 1 rings (SSSR count). The number of nitrogens with zero attached hydrogens (tertiary/aromatic N) is 1. The number of aromatic nitrogens is 1. The molecule has 1 heterocycles. The molecule has 8 nitrogen and oxygen atoms in total. The fourth-order valence-corrected chi connectivity index (χ4v) is 0.939. The molecule has 0 aliphatic rings. The van der Waals surface area contributed by atoms with Gasteiger partial charge in [0.05, 0.1) is 5.56 Å². The lowest BCUT2D eigenvalue weighted by Crippen LogP contribution is -2.28. The molecule has 1 amide bonds. The number of hydrogen-bond acceptors (Lipinski definition) is 5. The van der Waals surface area contributed by atoms with Gasteiger partial charge in [-0.3, -0.25) is 9.59 Å². The summed E-state index contributed by atoms with van der Waals surface area (Å²) in [7, 11) is 0. The van der Waals surface area contributed by atoms with E-state index in [-0.39, 0.29) is 24.3 Å². The highest BCUT2D eigenvalue weighted by atomic mass is 16.9. The van der Waals surface area contributed by atoms with Crippen LogP contribution in [0.2, 0.25) is 0 Å². The van der Waals surface area contributed by atoms with E-state index in [1.807, 2.05) is 0 Å². The van der Waals surface area contributed by atoms with Crippen molar-refractivity contribution in [1.82, 2.24) is 10.3 Å². The summed E-state index contributed by atoms with van der Waals surface area (Å²) in [5, 5.41) is 11.2. The highest BCUT2D eigenvalue weighted by molar-refractivity contribution is 5.93. The summed E-state index contributed by atoms with van der Waals surface area (Å²) in [4.78, 5) is 38.2. The summed E-state index contributed by atoms with van der Waals surface area (Å²) >= 11 is 0. The number of rotatable bonds is 5. The molecule has 2 N–H and O–H groups in total. The molecule has 0 aliphatic carbocycles. The van der Waals surface area contributed by atoms with Gasteiger partial charge in [-0.1, -0.05) is 0 Å². The smallest absolute Gasteiger partial charge is 0.294 e. The van der Waals surface area contributed by atoms with Crippen LogP contribution in [0.4, 0.5) is 0 Å². The molecule has 1 aromatic rings. The zero-order valence-electron chi connectivity index (χ0n) is 8.13. The van der Waals surface area contributed by atoms with Crippen molar-refractivity contribution in [1.29, 1.82) is 0 Å². The minimum atomic E-state index is -0.938. The monoisotopic (exact) mass is 227 g/mol. The molecule has 0 bridgehead atoms. The highest BCUT2D eigenvalue weighted by Gasteiger charge is 2.04. The summed E-state index contributed by atoms with van der Waals surface area (Å²) in [6.07, 6.45) is 1.26. The first kappa shape index (κ1) is 11.7. The summed E-state index contributed by atoms with van der Waals surface area (Å²) in [5.74, 6) is -0.441. The van der Waals surface area contributed by atoms with Crippen LogP contribution in [0.5, 0.6) is 0 Å². The number of carbonyl (C=O) groups is 1. The van der Waals surface area contributed by atoms with E-state index in [0.717, 1.165) is 0 Å². The molecule has 0 radical (unpaired) electrons. The van der Waals surface area contributed by atoms with Crippen LogP contribution in [-0.4, -0.2) is 29.1 Å². The number of aromatic amines is 1. The predicted octanol–water partition coefficient (Wildman–Crippen LogP) is -0.687. The molecule has 0 unspecified atom stereocenters. The van der Waals surface area contributed by atoms with Gasteiger partial charge in [0.15, 0.2) is 0 Å². The molecule has 0 fully saturated rings. The lowest BCUT2D eigenvalue weighted by Gasteiger charge is -2.03. The maximum atomic E-state index is 11.3. The molecule has 0 atom stereocenters. The molecule has 0 aromatic carbocycles. The SMILES string of the molecule is O=C(NCCO[N+](=O)[O-])c1ccc(=O)[nH]c1. The third-order valence-corrected chi connectivity index (χ3v) is 1.63. The van der Waals surface area contributed by atoms with Crippen LogP contribution >= 0.6 is 0 Å². The molecule has 0 saturated heterocycles. The molecule has 16 heavy (non-hydrogen) atoms. The molecule has 8 heteroatoms. The van der Waals surface area contributed by atoms with Gasteiger partial charge in [0, 0.05) is 18.8 Å².